The van der Waals surface area contributed by atoms with Crippen molar-refractivity contribution in [2.75, 3.05) is 11.4 Å². The number of pyridine rings is 1. The topological polar surface area (TPSA) is 79.5 Å². The van der Waals surface area contributed by atoms with Gasteiger partial charge in [-0.25, -0.2) is 4.98 Å². The van der Waals surface area contributed by atoms with Crippen LogP contribution >= 0.6 is 15.9 Å². The molecule has 18 heavy (non-hydrogen) atoms. The lowest BCUT2D eigenvalue weighted by molar-refractivity contribution is -0.385. The summed E-state index contributed by atoms with van der Waals surface area (Å²) in [5, 5.41) is 20.4. The van der Waals surface area contributed by atoms with Gasteiger partial charge in [-0.2, -0.15) is 0 Å². The smallest absolute Gasteiger partial charge is 0.288 e. The van der Waals surface area contributed by atoms with Gasteiger partial charge >= 0.3 is 0 Å². The lowest BCUT2D eigenvalue weighted by atomic mass is 10.1. The predicted octanol–water partition coefficient (Wildman–Crippen LogP) is 2.10. The summed E-state index contributed by atoms with van der Waals surface area (Å²) in [5.41, 5.74) is -0.0431. The Morgan fingerprint density at radius 2 is 2.44 bits per heavy atom. The average Bonchev–Trinajstić information content (AvgIpc) is 2.77. The zero-order chi connectivity index (χ0) is 13.3. The molecule has 2 rings (SSSR count). The molecule has 2 heterocycles. The van der Waals surface area contributed by atoms with Gasteiger partial charge in [0.25, 0.3) is 5.69 Å². The maximum absolute atomic E-state index is 10.6. The van der Waals surface area contributed by atoms with Crippen LogP contribution in [0.25, 0.3) is 0 Å². The van der Waals surface area contributed by atoms with E-state index >= 15 is 0 Å². The first-order valence-corrected chi connectivity index (χ1v) is 6.54. The summed E-state index contributed by atoms with van der Waals surface area (Å²) in [5.74, 6) is 0.656. The van der Waals surface area contributed by atoms with E-state index in [1.165, 1.54) is 12.3 Å². The highest BCUT2D eigenvalue weighted by molar-refractivity contribution is 9.10. The summed E-state index contributed by atoms with van der Waals surface area (Å²) in [7, 11) is 0. The molecule has 6 nitrogen and oxygen atoms in total. The number of anilines is 1. The molecule has 98 valence electrons. The van der Waals surface area contributed by atoms with E-state index in [0.717, 1.165) is 19.4 Å². The molecule has 0 spiro atoms. The van der Waals surface area contributed by atoms with E-state index in [2.05, 4.69) is 20.9 Å². The van der Waals surface area contributed by atoms with Crippen LogP contribution in [0.4, 0.5) is 11.5 Å². The first kappa shape index (κ1) is 13.2. The number of halogens is 1. The van der Waals surface area contributed by atoms with Gasteiger partial charge in [-0.15, -0.1) is 0 Å². The highest BCUT2D eigenvalue weighted by Gasteiger charge is 2.30. The van der Waals surface area contributed by atoms with Crippen molar-refractivity contribution in [3.8, 4) is 0 Å². The van der Waals surface area contributed by atoms with Gasteiger partial charge in [0.2, 0.25) is 0 Å². The Labute approximate surface area is 113 Å². The van der Waals surface area contributed by atoms with Crippen LogP contribution in [0.1, 0.15) is 19.8 Å². The lowest BCUT2D eigenvalue weighted by Gasteiger charge is -2.28. The van der Waals surface area contributed by atoms with Gasteiger partial charge < -0.3 is 10.0 Å². The molecule has 0 aromatic carbocycles. The molecular weight excluding hydrogens is 302 g/mol. The highest BCUT2D eigenvalue weighted by atomic mass is 79.9. The fraction of sp³-hybridized carbons (Fsp3) is 0.545. The van der Waals surface area contributed by atoms with E-state index in [1.807, 2.05) is 4.90 Å². The van der Waals surface area contributed by atoms with E-state index < -0.39 is 11.0 Å². The van der Waals surface area contributed by atoms with Gasteiger partial charge in [0.05, 0.1) is 21.5 Å². The Bertz CT molecular complexity index is 467. The van der Waals surface area contributed by atoms with Crippen molar-refractivity contribution >= 4 is 27.4 Å². The number of nitro groups is 1. The van der Waals surface area contributed by atoms with Gasteiger partial charge in [0.1, 0.15) is 12.0 Å². The van der Waals surface area contributed by atoms with Crippen LogP contribution in [-0.4, -0.2) is 33.7 Å². The van der Waals surface area contributed by atoms with Crippen molar-refractivity contribution in [1.29, 1.82) is 0 Å². The van der Waals surface area contributed by atoms with Crippen molar-refractivity contribution in [2.24, 2.45) is 0 Å². The van der Waals surface area contributed by atoms with Gasteiger partial charge in [0.15, 0.2) is 0 Å². The van der Waals surface area contributed by atoms with Gasteiger partial charge in [-0.05, 0) is 35.7 Å². The average molecular weight is 316 g/mol. The molecule has 0 radical (unpaired) electrons. The van der Waals surface area contributed by atoms with Crippen molar-refractivity contribution in [2.45, 2.75) is 31.9 Å². The minimum absolute atomic E-state index is 0.0234. The summed E-state index contributed by atoms with van der Waals surface area (Å²) in [4.78, 5) is 16.3. The summed E-state index contributed by atoms with van der Waals surface area (Å²) in [6, 6.07) is 1.47. The number of aliphatic hydroxyl groups excluding tert-OH is 1. The number of hydrogen-bond acceptors (Lipinski definition) is 5. The first-order valence-electron chi connectivity index (χ1n) is 5.75. The molecule has 7 heteroatoms. The van der Waals surface area contributed by atoms with E-state index in [1.54, 1.807) is 6.92 Å². The second kappa shape index (κ2) is 5.19. The van der Waals surface area contributed by atoms with E-state index in [4.69, 9.17) is 0 Å². The number of hydrogen-bond donors (Lipinski definition) is 1. The lowest BCUT2D eigenvalue weighted by Crippen LogP contribution is -2.38. The van der Waals surface area contributed by atoms with Crippen molar-refractivity contribution in [3.05, 3.63) is 26.9 Å². The fourth-order valence-corrected chi connectivity index (χ4v) is 2.85. The summed E-state index contributed by atoms with van der Waals surface area (Å²) < 4.78 is 0.587. The maximum Gasteiger partial charge on any atom is 0.288 e. The van der Waals surface area contributed by atoms with Crippen LogP contribution in [0.2, 0.25) is 0 Å². The highest BCUT2D eigenvalue weighted by Crippen LogP contribution is 2.33. The molecule has 1 aromatic rings. The molecule has 0 amide bonds. The van der Waals surface area contributed by atoms with Crippen molar-refractivity contribution in [1.82, 2.24) is 4.98 Å². The fourth-order valence-electron chi connectivity index (χ4n) is 2.29. The molecule has 1 aliphatic heterocycles. The van der Waals surface area contributed by atoms with Crippen LogP contribution in [0, 0.1) is 10.1 Å². The molecule has 0 saturated carbocycles. The van der Waals surface area contributed by atoms with Gasteiger partial charge in [-0.3, -0.25) is 10.1 Å². The molecule has 1 N–H and O–H groups in total. The number of aromatic nitrogens is 1. The maximum atomic E-state index is 10.6. The Hall–Kier alpha value is -1.21. The summed E-state index contributed by atoms with van der Waals surface area (Å²) >= 11 is 3.31. The third-order valence-corrected chi connectivity index (χ3v) is 3.73. The molecule has 0 bridgehead atoms. The summed E-state index contributed by atoms with van der Waals surface area (Å²) in [6.07, 6.45) is 2.69. The minimum Gasteiger partial charge on any atom is -0.391 e. The normalized spacial score (nSPS) is 21.1. The largest absolute Gasteiger partial charge is 0.391 e. The SMILES string of the molecule is CC(O)[C@H]1CCCN1c1ncc([N+](=O)[O-])cc1Br. The number of aliphatic hydroxyl groups is 1. The van der Waals surface area contributed by atoms with Crippen LogP contribution in [-0.2, 0) is 0 Å². The van der Waals surface area contributed by atoms with E-state index in [0.29, 0.717) is 10.3 Å². The Morgan fingerprint density at radius 1 is 1.72 bits per heavy atom. The third-order valence-electron chi connectivity index (χ3n) is 3.15. The monoisotopic (exact) mass is 315 g/mol. The zero-order valence-corrected chi connectivity index (χ0v) is 11.5. The number of nitrogens with zero attached hydrogens (tertiary/aromatic N) is 3. The third kappa shape index (κ3) is 2.46. The van der Waals surface area contributed by atoms with Crippen LogP contribution in [0.5, 0.6) is 0 Å². The van der Waals surface area contributed by atoms with E-state index in [-0.39, 0.29) is 11.7 Å². The van der Waals surface area contributed by atoms with Crippen molar-refractivity contribution < 1.29 is 10.0 Å². The Balaban J connectivity index is 2.31. The number of rotatable bonds is 3. The predicted molar refractivity (Wildman–Crippen MR) is 70.6 cm³/mol. The van der Waals surface area contributed by atoms with Crippen LogP contribution in [0.3, 0.4) is 0 Å². The molecule has 1 fully saturated rings. The quantitative estimate of drug-likeness (QED) is 0.682. The Morgan fingerprint density at radius 3 is 3.00 bits per heavy atom. The van der Waals surface area contributed by atoms with Crippen molar-refractivity contribution in [3.63, 3.8) is 0 Å². The second-order valence-electron chi connectivity index (χ2n) is 4.40. The summed E-state index contributed by atoms with van der Waals surface area (Å²) in [6.45, 7) is 2.56. The molecular formula is C11H14BrN3O3. The van der Waals surface area contributed by atoms with Crippen LogP contribution in [0.15, 0.2) is 16.7 Å². The molecule has 1 aromatic heterocycles. The second-order valence-corrected chi connectivity index (χ2v) is 5.25. The molecule has 1 unspecified atom stereocenters. The molecule has 1 aliphatic rings. The van der Waals surface area contributed by atoms with E-state index in [9.17, 15) is 15.2 Å². The molecule has 2 atom stereocenters. The molecule has 1 saturated heterocycles. The first-order chi connectivity index (χ1) is 8.50. The molecule has 0 aliphatic carbocycles. The van der Waals surface area contributed by atoms with Crippen LogP contribution < -0.4 is 4.90 Å². The Kier molecular flexibility index (Phi) is 3.82. The van der Waals surface area contributed by atoms with Gasteiger partial charge in [0, 0.05) is 12.6 Å². The minimum atomic E-state index is -0.475. The van der Waals surface area contributed by atoms with Gasteiger partial charge in [-0.1, -0.05) is 0 Å². The standard InChI is InChI=1S/C11H14BrN3O3/c1-7(16)10-3-2-4-14(10)11-9(12)5-8(6-13-11)15(17)18/h5-7,10,16H,2-4H2,1H3/t7?,10-/m1/s1. The zero-order valence-electron chi connectivity index (χ0n) is 9.91.